The van der Waals surface area contributed by atoms with Crippen molar-refractivity contribution in [3.8, 4) is 11.5 Å². The Morgan fingerprint density at radius 3 is 2.70 bits per heavy atom. The zero-order valence-electron chi connectivity index (χ0n) is 14.8. The van der Waals surface area contributed by atoms with Crippen molar-refractivity contribution in [2.75, 3.05) is 13.2 Å². The number of ether oxygens (including phenoxy) is 2. The topological polar surface area (TPSA) is 57.1 Å². The van der Waals surface area contributed by atoms with Gasteiger partial charge in [-0.15, -0.1) is 0 Å². The lowest BCUT2D eigenvalue weighted by Crippen LogP contribution is -2.07. The molecule has 0 radical (unpaired) electrons. The van der Waals surface area contributed by atoms with Crippen molar-refractivity contribution in [2.24, 2.45) is 5.16 Å². The van der Waals surface area contributed by atoms with Crippen molar-refractivity contribution < 1.29 is 19.1 Å². The zero-order valence-corrected chi connectivity index (χ0v) is 16.4. The van der Waals surface area contributed by atoms with Crippen LogP contribution < -0.4 is 9.47 Å². The van der Waals surface area contributed by atoms with Crippen molar-refractivity contribution in [3.63, 3.8) is 0 Å². The summed E-state index contributed by atoms with van der Waals surface area (Å²) in [7, 11) is 0. The Morgan fingerprint density at radius 2 is 2.00 bits per heavy atom. The summed E-state index contributed by atoms with van der Waals surface area (Å²) in [5, 5.41) is 3.92. The Morgan fingerprint density at radius 1 is 1.22 bits per heavy atom. The highest BCUT2D eigenvalue weighted by atomic mass is 79.9. The smallest absolute Gasteiger partial charge is 0.368 e. The summed E-state index contributed by atoms with van der Waals surface area (Å²) in [6.07, 6.45) is 3.39. The molecule has 27 heavy (non-hydrogen) atoms. The lowest BCUT2D eigenvalue weighted by molar-refractivity contribution is -0.136. The average molecular weight is 428 g/mol. The summed E-state index contributed by atoms with van der Waals surface area (Å²) >= 11 is 3.51. The number of hydrogen-bond acceptors (Lipinski definition) is 5. The third-order valence-corrected chi connectivity index (χ3v) is 4.32. The second-order valence-corrected chi connectivity index (χ2v) is 6.46. The fourth-order valence-electron chi connectivity index (χ4n) is 2.60. The van der Waals surface area contributed by atoms with E-state index in [0.29, 0.717) is 40.5 Å². The predicted octanol–water partition coefficient (Wildman–Crippen LogP) is 4.76. The van der Waals surface area contributed by atoms with Gasteiger partial charge in [0.25, 0.3) is 0 Å². The van der Waals surface area contributed by atoms with Gasteiger partial charge in [-0.1, -0.05) is 48.1 Å². The summed E-state index contributed by atoms with van der Waals surface area (Å²) in [5.74, 6) is 0.671. The van der Waals surface area contributed by atoms with Crippen molar-refractivity contribution in [2.45, 2.75) is 6.92 Å². The van der Waals surface area contributed by atoms with E-state index < -0.39 is 5.97 Å². The van der Waals surface area contributed by atoms with Crippen LogP contribution in [0, 0.1) is 0 Å². The van der Waals surface area contributed by atoms with Gasteiger partial charge in [0.2, 0.25) is 0 Å². The molecule has 0 aliphatic carbocycles. The second-order valence-electron chi connectivity index (χ2n) is 5.61. The molecule has 0 atom stereocenters. The number of rotatable bonds is 7. The highest BCUT2D eigenvalue weighted by Crippen LogP contribution is 2.38. The van der Waals surface area contributed by atoms with Crippen LogP contribution in [0.15, 0.2) is 70.3 Å². The molecule has 1 aliphatic rings. The van der Waals surface area contributed by atoms with Crippen LogP contribution in [0.4, 0.5) is 0 Å². The van der Waals surface area contributed by atoms with Crippen molar-refractivity contribution in [1.29, 1.82) is 0 Å². The largest absolute Gasteiger partial charge is 0.490 e. The summed E-state index contributed by atoms with van der Waals surface area (Å²) in [4.78, 5) is 17.1. The van der Waals surface area contributed by atoms with Crippen LogP contribution in [0.1, 0.15) is 18.1 Å². The first-order chi connectivity index (χ1) is 13.1. The standard InChI is InChI=1S/C21H18BrNO4/c1-3-10-26-20-17(22)12-14(13-18(20)25-4-2)11-16-19(23-27-21(16)24)15-8-6-5-7-9-15/h3,5-9,11-13H,1,4,10H2,2H3/b16-11-. The van der Waals surface area contributed by atoms with Crippen molar-refractivity contribution in [3.05, 3.63) is 76.3 Å². The molecule has 0 aromatic heterocycles. The molecule has 1 aliphatic heterocycles. The van der Waals surface area contributed by atoms with Crippen LogP contribution >= 0.6 is 15.9 Å². The molecule has 0 spiro atoms. The third-order valence-electron chi connectivity index (χ3n) is 3.73. The Balaban J connectivity index is 2.01. The maximum absolute atomic E-state index is 12.2. The second kappa shape index (κ2) is 8.68. The van der Waals surface area contributed by atoms with Crippen molar-refractivity contribution in [1.82, 2.24) is 0 Å². The molecule has 5 nitrogen and oxygen atoms in total. The highest BCUT2D eigenvalue weighted by molar-refractivity contribution is 9.10. The van der Waals surface area contributed by atoms with E-state index in [1.807, 2.05) is 49.4 Å². The van der Waals surface area contributed by atoms with E-state index in [1.54, 1.807) is 12.2 Å². The summed E-state index contributed by atoms with van der Waals surface area (Å²) in [5.41, 5.74) is 2.45. The molecule has 0 amide bonds. The minimum absolute atomic E-state index is 0.357. The average Bonchev–Trinajstić information content (AvgIpc) is 3.03. The van der Waals surface area contributed by atoms with Gasteiger partial charge in [0, 0.05) is 5.56 Å². The fourth-order valence-corrected chi connectivity index (χ4v) is 3.17. The van der Waals surface area contributed by atoms with Gasteiger partial charge in [0.15, 0.2) is 11.5 Å². The van der Waals surface area contributed by atoms with E-state index in [9.17, 15) is 4.79 Å². The number of carbonyl (C=O) groups is 1. The predicted molar refractivity (Wildman–Crippen MR) is 108 cm³/mol. The molecule has 0 saturated heterocycles. The van der Waals surface area contributed by atoms with Crippen LogP contribution in [-0.4, -0.2) is 24.9 Å². The minimum Gasteiger partial charge on any atom is -0.490 e. The molecule has 2 aromatic carbocycles. The molecule has 0 bridgehead atoms. The first kappa shape index (κ1) is 18.9. The zero-order chi connectivity index (χ0) is 19.2. The monoisotopic (exact) mass is 427 g/mol. The summed E-state index contributed by atoms with van der Waals surface area (Å²) in [6, 6.07) is 13.1. The van der Waals surface area contributed by atoms with Crippen LogP contribution in [0.3, 0.4) is 0 Å². The van der Waals surface area contributed by atoms with E-state index in [2.05, 4.69) is 27.7 Å². The molecule has 138 valence electrons. The van der Waals surface area contributed by atoms with Crippen LogP contribution in [0.2, 0.25) is 0 Å². The maximum atomic E-state index is 12.2. The molecule has 0 unspecified atom stereocenters. The molecule has 6 heteroatoms. The number of halogens is 1. The normalized spacial score (nSPS) is 14.7. The number of benzene rings is 2. The van der Waals surface area contributed by atoms with Gasteiger partial charge >= 0.3 is 5.97 Å². The first-order valence-electron chi connectivity index (χ1n) is 8.41. The third kappa shape index (κ3) is 4.28. The lowest BCUT2D eigenvalue weighted by atomic mass is 10.0. The Kier molecular flexibility index (Phi) is 6.08. The lowest BCUT2D eigenvalue weighted by Gasteiger charge is -2.14. The van der Waals surface area contributed by atoms with Gasteiger partial charge in [-0.25, -0.2) is 4.79 Å². The van der Waals surface area contributed by atoms with E-state index in [0.717, 1.165) is 11.1 Å². The van der Waals surface area contributed by atoms with Gasteiger partial charge < -0.3 is 14.3 Å². The number of oxime groups is 1. The first-order valence-corrected chi connectivity index (χ1v) is 9.20. The van der Waals surface area contributed by atoms with Crippen LogP contribution in [-0.2, 0) is 9.63 Å². The molecule has 0 saturated carbocycles. The Bertz CT molecular complexity index is 919. The van der Waals surface area contributed by atoms with Gasteiger partial charge in [0.1, 0.15) is 12.3 Å². The number of hydrogen-bond donors (Lipinski definition) is 0. The molecular weight excluding hydrogens is 410 g/mol. The van der Waals surface area contributed by atoms with Gasteiger partial charge in [-0.2, -0.15) is 0 Å². The van der Waals surface area contributed by atoms with Gasteiger partial charge in [-0.3, -0.25) is 0 Å². The molecule has 0 fully saturated rings. The van der Waals surface area contributed by atoms with Gasteiger partial charge in [0.05, 0.1) is 16.7 Å². The number of nitrogens with zero attached hydrogens (tertiary/aromatic N) is 1. The molecule has 0 N–H and O–H groups in total. The molecule has 1 heterocycles. The quantitative estimate of drug-likeness (QED) is 0.363. The van der Waals surface area contributed by atoms with E-state index >= 15 is 0 Å². The SMILES string of the molecule is C=CCOc1c(Br)cc(/C=C2\C(=O)ON=C2c2ccccc2)cc1OCC. The summed E-state index contributed by atoms with van der Waals surface area (Å²) in [6.45, 7) is 6.39. The van der Waals surface area contributed by atoms with E-state index in [4.69, 9.17) is 14.3 Å². The summed E-state index contributed by atoms with van der Waals surface area (Å²) < 4.78 is 12.1. The maximum Gasteiger partial charge on any atom is 0.368 e. The Hall–Kier alpha value is -2.86. The van der Waals surface area contributed by atoms with Gasteiger partial charge in [-0.05, 0) is 46.6 Å². The van der Waals surface area contributed by atoms with E-state index in [1.165, 1.54) is 0 Å². The molecular formula is C21H18BrNO4. The molecule has 3 rings (SSSR count). The fraction of sp³-hybridized carbons (Fsp3) is 0.143. The van der Waals surface area contributed by atoms with Crippen LogP contribution in [0.5, 0.6) is 11.5 Å². The number of carbonyl (C=O) groups excluding carboxylic acids is 1. The Labute approximate surface area is 166 Å². The van der Waals surface area contributed by atoms with E-state index in [-0.39, 0.29) is 0 Å². The highest BCUT2D eigenvalue weighted by Gasteiger charge is 2.27. The molecule has 2 aromatic rings. The van der Waals surface area contributed by atoms with Crippen molar-refractivity contribution >= 4 is 33.7 Å². The minimum atomic E-state index is -0.491. The van der Waals surface area contributed by atoms with Crippen LogP contribution in [0.25, 0.3) is 6.08 Å².